The standard InChI is InChI=1S/C19H20ClN5/c1-23-10-12-24(13-11-23)21-14-17-18-4-2-3-9-25(18)19(22-17)15-5-7-16(20)8-6-15/h2-9,14H,10-13H2,1H3/p+2. The predicted octanol–water partition coefficient (Wildman–Crippen LogP) is 1.24. The fraction of sp³-hybridized carbons (Fsp3) is 0.263. The highest BCUT2D eigenvalue weighted by Crippen LogP contribution is 2.19. The van der Waals surface area contributed by atoms with Crippen molar-refractivity contribution in [2.24, 2.45) is 5.10 Å². The molecular weight excluding hydrogens is 334 g/mol. The number of likely N-dealkylation sites (N-methyl/N-ethyl adjacent to an activating group) is 1. The first-order chi connectivity index (χ1) is 12.2. The van der Waals surface area contributed by atoms with Crippen LogP contribution in [0.15, 0.2) is 53.8 Å². The number of nitrogens with one attached hydrogen (secondary N) is 2. The average molecular weight is 356 g/mol. The Kier molecular flexibility index (Phi) is 4.42. The van der Waals surface area contributed by atoms with Crippen LogP contribution >= 0.6 is 11.6 Å². The number of aromatic amines is 1. The normalized spacial score (nSPS) is 16.2. The third-order valence-electron chi connectivity index (χ3n) is 4.69. The number of H-pyrrole nitrogens is 1. The molecule has 0 spiro atoms. The Balaban J connectivity index is 1.69. The lowest BCUT2D eigenvalue weighted by Gasteiger charge is -2.27. The van der Waals surface area contributed by atoms with E-state index in [0.717, 1.165) is 53.8 Å². The van der Waals surface area contributed by atoms with Gasteiger partial charge in [0.1, 0.15) is 0 Å². The number of halogens is 1. The Morgan fingerprint density at radius 3 is 2.68 bits per heavy atom. The summed E-state index contributed by atoms with van der Waals surface area (Å²) in [6.07, 6.45) is 4.00. The summed E-state index contributed by atoms with van der Waals surface area (Å²) in [5, 5.41) is 7.58. The second-order valence-corrected chi connectivity index (χ2v) is 6.94. The van der Waals surface area contributed by atoms with Crippen molar-refractivity contribution in [2.45, 2.75) is 0 Å². The number of hydrogen-bond donors (Lipinski definition) is 2. The van der Waals surface area contributed by atoms with Gasteiger partial charge in [0.2, 0.25) is 0 Å². The lowest BCUT2D eigenvalue weighted by atomic mass is 10.2. The van der Waals surface area contributed by atoms with E-state index >= 15 is 0 Å². The zero-order valence-electron chi connectivity index (χ0n) is 14.2. The van der Waals surface area contributed by atoms with Crippen molar-refractivity contribution in [2.75, 3.05) is 33.2 Å². The Hall–Kier alpha value is -2.37. The zero-order chi connectivity index (χ0) is 17.2. The molecule has 5 nitrogen and oxygen atoms in total. The van der Waals surface area contributed by atoms with Crippen LogP contribution in [0.2, 0.25) is 5.02 Å². The Morgan fingerprint density at radius 2 is 1.92 bits per heavy atom. The minimum Gasteiger partial charge on any atom is -0.334 e. The molecule has 0 saturated carbocycles. The van der Waals surface area contributed by atoms with Crippen LogP contribution in [-0.4, -0.2) is 49.4 Å². The van der Waals surface area contributed by atoms with Crippen molar-refractivity contribution < 1.29 is 9.30 Å². The first kappa shape index (κ1) is 16.1. The summed E-state index contributed by atoms with van der Waals surface area (Å²) in [5.74, 6) is 1.02. The molecule has 0 radical (unpaired) electrons. The number of piperazine rings is 1. The van der Waals surface area contributed by atoms with Gasteiger partial charge >= 0.3 is 0 Å². The van der Waals surface area contributed by atoms with Gasteiger partial charge in [-0.2, -0.15) is 9.50 Å². The smallest absolute Gasteiger partial charge is 0.292 e. The van der Waals surface area contributed by atoms with E-state index in [9.17, 15) is 0 Å². The van der Waals surface area contributed by atoms with Gasteiger partial charge < -0.3 is 4.90 Å². The summed E-state index contributed by atoms with van der Waals surface area (Å²) in [6.45, 7) is 4.26. The summed E-state index contributed by atoms with van der Waals surface area (Å²) in [5.41, 5.74) is 3.21. The van der Waals surface area contributed by atoms with E-state index in [1.165, 1.54) is 0 Å². The molecule has 0 unspecified atom stereocenters. The fourth-order valence-electron chi connectivity index (χ4n) is 3.16. The van der Waals surface area contributed by atoms with E-state index in [2.05, 4.69) is 38.8 Å². The number of imidazole rings is 1. The van der Waals surface area contributed by atoms with E-state index in [4.69, 9.17) is 11.6 Å². The first-order valence-electron chi connectivity index (χ1n) is 8.59. The van der Waals surface area contributed by atoms with Crippen molar-refractivity contribution in [3.05, 3.63) is 59.4 Å². The summed E-state index contributed by atoms with van der Waals surface area (Å²) in [7, 11) is 2.23. The maximum absolute atomic E-state index is 6.02. The van der Waals surface area contributed by atoms with Crippen LogP contribution in [0.5, 0.6) is 0 Å². The van der Waals surface area contributed by atoms with Gasteiger partial charge in [-0.05, 0) is 36.4 Å². The van der Waals surface area contributed by atoms with Gasteiger partial charge in [0, 0.05) is 5.02 Å². The number of nitrogens with zero attached hydrogens (tertiary/aromatic N) is 3. The van der Waals surface area contributed by atoms with Gasteiger partial charge in [0.25, 0.3) is 5.82 Å². The molecule has 0 atom stereocenters. The van der Waals surface area contributed by atoms with Crippen LogP contribution in [-0.2, 0) is 0 Å². The highest BCUT2D eigenvalue weighted by atomic mass is 35.5. The maximum Gasteiger partial charge on any atom is 0.292 e. The molecule has 1 saturated heterocycles. The van der Waals surface area contributed by atoms with Crippen LogP contribution < -0.4 is 9.30 Å². The van der Waals surface area contributed by atoms with E-state index in [0.29, 0.717) is 0 Å². The monoisotopic (exact) mass is 355 g/mol. The second kappa shape index (κ2) is 6.86. The third-order valence-corrected chi connectivity index (χ3v) is 4.94. The number of rotatable bonds is 3. The SMILES string of the molecule is C[NH+]1CCN(N=Cc2[nH]c(-c3ccc(Cl)cc3)[n+]3ccccc23)CC1. The number of quaternary nitrogens is 1. The van der Waals surface area contributed by atoms with E-state index in [1.54, 1.807) is 4.90 Å². The van der Waals surface area contributed by atoms with Crippen molar-refractivity contribution >= 4 is 23.3 Å². The Bertz CT molecular complexity index is 892. The number of fused-ring (bicyclic) bond motifs is 1. The van der Waals surface area contributed by atoms with Gasteiger partial charge in [-0.1, -0.05) is 17.7 Å². The van der Waals surface area contributed by atoms with Crippen molar-refractivity contribution in [1.82, 2.24) is 9.99 Å². The van der Waals surface area contributed by atoms with Gasteiger partial charge in [0.15, 0.2) is 11.2 Å². The quantitative estimate of drug-likeness (QED) is 0.538. The molecule has 3 aromatic rings. The molecule has 0 aliphatic carbocycles. The number of hydrogen-bond acceptors (Lipinski definition) is 2. The zero-order valence-corrected chi connectivity index (χ0v) is 15.0. The highest BCUT2D eigenvalue weighted by Gasteiger charge is 2.19. The van der Waals surface area contributed by atoms with Crippen LogP contribution in [0.4, 0.5) is 0 Å². The minimum atomic E-state index is 0.739. The number of hydrazone groups is 1. The molecule has 0 amide bonds. The third kappa shape index (κ3) is 3.38. The molecule has 2 N–H and O–H groups in total. The van der Waals surface area contributed by atoms with Gasteiger partial charge in [-0.25, -0.2) is 4.98 Å². The Morgan fingerprint density at radius 1 is 1.16 bits per heavy atom. The van der Waals surface area contributed by atoms with Crippen LogP contribution in [0, 0.1) is 0 Å². The first-order valence-corrected chi connectivity index (χ1v) is 8.97. The summed E-state index contributed by atoms with van der Waals surface area (Å²) >= 11 is 6.02. The van der Waals surface area contributed by atoms with Crippen LogP contribution in [0.25, 0.3) is 16.9 Å². The van der Waals surface area contributed by atoms with Gasteiger partial charge in [-0.3, -0.25) is 5.01 Å². The topological polar surface area (TPSA) is 39.9 Å². The van der Waals surface area contributed by atoms with Crippen molar-refractivity contribution in [3.8, 4) is 11.4 Å². The second-order valence-electron chi connectivity index (χ2n) is 6.51. The summed E-state index contributed by atoms with van der Waals surface area (Å²) in [6, 6.07) is 14.1. The van der Waals surface area contributed by atoms with E-state index < -0.39 is 0 Å². The van der Waals surface area contributed by atoms with E-state index in [-0.39, 0.29) is 0 Å². The molecule has 4 rings (SSSR count). The largest absolute Gasteiger partial charge is 0.334 e. The molecule has 6 heteroatoms. The predicted molar refractivity (Wildman–Crippen MR) is 100 cm³/mol. The van der Waals surface area contributed by atoms with E-state index in [1.807, 2.05) is 42.6 Å². The van der Waals surface area contributed by atoms with Gasteiger partial charge in [0.05, 0.1) is 51.2 Å². The molecule has 1 fully saturated rings. The fourth-order valence-corrected chi connectivity index (χ4v) is 3.28. The summed E-state index contributed by atoms with van der Waals surface area (Å²) in [4.78, 5) is 5.08. The molecular formula is C19H22ClN5+2. The molecule has 25 heavy (non-hydrogen) atoms. The average Bonchev–Trinajstić information content (AvgIpc) is 3.01. The highest BCUT2D eigenvalue weighted by molar-refractivity contribution is 6.30. The molecule has 1 aromatic carbocycles. The number of aromatic nitrogens is 2. The molecule has 1 aliphatic rings. The maximum atomic E-state index is 6.02. The van der Waals surface area contributed by atoms with Crippen LogP contribution in [0.1, 0.15) is 5.69 Å². The number of benzene rings is 1. The van der Waals surface area contributed by atoms with Crippen molar-refractivity contribution in [1.29, 1.82) is 0 Å². The van der Waals surface area contributed by atoms with Gasteiger partial charge in [-0.15, -0.1) is 0 Å². The molecule has 3 heterocycles. The minimum absolute atomic E-state index is 0.739. The summed E-state index contributed by atoms with van der Waals surface area (Å²) < 4.78 is 2.15. The molecule has 128 valence electrons. The lowest BCUT2D eigenvalue weighted by molar-refractivity contribution is -0.884. The lowest BCUT2D eigenvalue weighted by Crippen LogP contribution is -3.11. The Labute approximate surface area is 152 Å². The molecule has 0 bridgehead atoms. The molecule has 1 aliphatic heterocycles. The van der Waals surface area contributed by atoms with Crippen LogP contribution in [0.3, 0.4) is 0 Å². The molecule has 2 aromatic heterocycles. The van der Waals surface area contributed by atoms with Crippen molar-refractivity contribution in [3.63, 3.8) is 0 Å². The number of pyridine rings is 1.